The Kier molecular flexibility index (Phi) is 5.72. The number of nitrogens with one attached hydrogen (secondary N) is 1. The molecule has 0 bridgehead atoms. The number of aromatic amines is 1. The average molecular weight is 356 g/mol. The van der Waals surface area contributed by atoms with Crippen LogP contribution in [0.5, 0.6) is 0 Å². The van der Waals surface area contributed by atoms with Gasteiger partial charge in [-0.1, -0.05) is 32.0 Å². The Bertz CT molecular complexity index is 899. The standard InChI is InChI=1S/C22H26F2N2/c1-3-14(2)16-8-6-9-18-17(7-4-5-12-25)22(26-21(16)18)19-11-10-15(23)13-20(19)24/h6,8-11,13-14,26H,3-5,7,12,25H2,1-2H3. The molecule has 0 spiro atoms. The highest BCUT2D eigenvalue weighted by molar-refractivity contribution is 5.93. The lowest BCUT2D eigenvalue weighted by molar-refractivity contribution is 0.585. The van der Waals surface area contributed by atoms with Crippen LogP contribution in [0.3, 0.4) is 0 Å². The van der Waals surface area contributed by atoms with E-state index in [0.717, 1.165) is 53.9 Å². The summed E-state index contributed by atoms with van der Waals surface area (Å²) in [5.41, 5.74) is 10.2. The molecule has 0 saturated carbocycles. The third kappa shape index (κ3) is 3.51. The molecule has 3 rings (SSSR count). The van der Waals surface area contributed by atoms with Crippen LogP contribution < -0.4 is 5.73 Å². The Hall–Kier alpha value is -2.20. The quantitative estimate of drug-likeness (QED) is 0.508. The van der Waals surface area contributed by atoms with E-state index in [2.05, 4.69) is 37.0 Å². The molecule has 0 amide bonds. The molecule has 0 aliphatic heterocycles. The maximum atomic E-state index is 14.5. The van der Waals surface area contributed by atoms with Crippen molar-refractivity contribution < 1.29 is 8.78 Å². The minimum atomic E-state index is -0.563. The fraction of sp³-hybridized carbons (Fsp3) is 0.364. The number of halogens is 2. The van der Waals surface area contributed by atoms with Gasteiger partial charge in [0.05, 0.1) is 5.69 Å². The highest BCUT2D eigenvalue weighted by Gasteiger charge is 2.19. The van der Waals surface area contributed by atoms with Crippen molar-refractivity contribution in [3.05, 3.63) is 59.2 Å². The number of aryl methyl sites for hydroxylation is 1. The van der Waals surface area contributed by atoms with Gasteiger partial charge in [0.2, 0.25) is 0 Å². The van der Waals surface area contributed by atoms with E-state index in [0.29, 0.717) is 18.0 Å². The molecule has 1 aromatic heterocycles. The predicted molar refractivity (Wildman–Crippen MR) is 104 cm³/mol. The van der Waals surface area contributed by atoms with Crippen molar-refractivity contribution in [3.8, 4) is 11.3 Å². The molecule has 2 nitrogen and oxygen atoms in total. The van der Waals surface area contributed by atoms with Crippen molar-refractivity contribution in [1.82, 2.24) is 4.98 Å². The minimum Gasteiger partial charge on any atom is -0.354 e. The van der Waals surface area contributed by atoms with Gasteiger partial charge < -0.3 is 10.7 Å². The zero-order valence-electron chi connectivity index (χ0n) is 15.4. The normalized spacial score (nSPS) is 12.7. The first-order valence-corrected chi connectivity index (χ1v) is 9.35. The number of rotatable bonds is 7. The zero-order valence-corrected chi connectivity index (χ0v) is 15.4. The molecule has 138 valence electrons. The van der Waals surface area contributed by atoms with E-state index in [1.165, 1.54) is 17.7 Å². The summed E-state index contributed by atoms with van der Waals surface area (Å²) in [5, 5.41) is 1.12. The zero-order chi connectivity index (χ0) is 18.7. The van der Waals surface area contributed by atoms with Crippen molar-refractivity contribution in [2.75, 3.05) is 6.54 Å². The number of aromatic nitrogens is 1. The molecule has 0 aliphatic rings. The van der Waals surface area contributed by atoms with E-state index in [9.17, 15) is 8.78 Å². The van der Waals surface area contributed by atoms with Gasteiger partial charge in [0, 0.05) is 22.5 Å². The van der Waals surface area contributed by atoms with Gasteiger partial charge >= 0.3 is 0 Å². The summed E-state index contributed by atoms with van der Waals surface area (Å²) in [6.45, 7) is 5.00. The van der Waals surface area contributed by atoms with E-state index in [4.69, 9.17) is 5.73 Å². The molecule has 1 atom stereocenters. The Morgan fingerprint density at radius 3 is 2.62 bits per heavy atom. The molecule has 0 saturated heterocycles. The fourth-order valence-electron chi connectivity index (χ4n) is 3.55. The van der Waals surface area contributed by atoms with E-state index in [1.807, 2.05) is 0 Å². The van der Waals surface area contributed by atoms with Crippen LogP contribution in [0, 0.1) is 11.6 Å². The molecule has 3 aromatic rings. The van der Waals surface area contributed by atoms with Crippen molar-refractivity contribution in [2.45, 2.75) is 45.4 Å². The van der Waals surface area contributed by atoms with Crippen LogP contribution in [-0.2, 0) is 6.42 Å². The maximum Gasteiger partial charge on any atom is 0.135 e. The third-order valence-corrected chi connectivity index (χ3v) is 5.20. The summed E-state index contributed by atoms with van der Waals surface area (Å²) in [6.07, 6.45) is 3.70. The van der Waals surface area contributed by atoms with E-state index in [1.54, 1.807) is 0 Å². The van der Waals surface area contributed by atoms with Gasteiger partial charge in [-0.3, -0.25) is 0 Å². The van der Waals surface area contributed by atoms with Crippen LogP contribution in [0.15, 0.2) is 36.4 Å². The molecule has 26 heavy (non-hydrogen) atoms. The maximum absolute atomic E-state index is 14.5. The molecule has 0 radical (unpaired) electrons. The average Bonchev–Trinajstić information content (AvgIpc) is 3.00. The van der Waals surface area contributed by atoms with Crippen LogP contribution in [-0.4, -0.2) is 11.5 Å². The van der Waals surface area contributed by atoms with Crippen LogP contribution in [0.25, 0.3) is 22.2 Å². The van der Waals surface area contributed by atoms with Gasteiger partial charge in [0.25, 0.3) is 0 Å². The molecule has 0 fully saturated rings. The van der Waals surface area contributed by atoms with E-state index in [-0.39, 0.29) is 0 Å². The molecule has 1 unspecified atom stereocenters. The fourth-order valence-corrected chi connectivity index (χ4v) is 3.55. The highest BCUT2D eigenvalue weighted by atomic mass is 19.1. The van der Waals surface area contributed by atoms with Crippen LogP contribution in [0.1, 0.15) is 50.2 Å². The number of unbranched alkanes of at least 4 members (excludes halogenated alkanes) is 1. The Morgan fingerprint density at radius 2 is 1.92 bits per heavy atom. The van der Waals surface area contributed by atoms with Crippen LogP contribution in [0.2, 0.25) is 0 Å². The Balaban J connectivity index is 2.21. The molecule has 2 aromatic carbocycles. The molecular weight excluding hydrogens is 330 g/mol. The first-order valence-electron chi connectivity index (χ1n) is 9.35. The summed E-state index contributed by atoms with van der Waals surface area (Å²) < 4.78 is 27.8. The number of hydrogen-bond acceptors (Lipinski definition) is 1. The first kappa shape index (κ1) is 18.6. The smallest absolute Gasteiger partial charge is 0.135 e. The number of H-pyrrole nitrogens is 1. The summed E-state index contributed by atoms with van der Waals surface area (Å²) in [4.78, 5) is 3.46. The van der Waals surface area contributed by atoms with Gasteiger partial charge in [0.1, 0.15) is 11.6 Å². The van der Waals surface area contributed by atoms with E-state index >= 15 is 0 Å². The van der Waals surface area contributed by atoms with Crippen molar-refractivity contribution >= 4 is 10.9 Å². The molecule has 1 heterocycles. The van der Waals surface area contributed by atoms with Gasteiger partial charge in [0.15, 0.2) is 0 Å². The van der Waals surface area contributed by atoms with Crippen LogP contribution >= 0.6 is 0 Å². The lowest BCUT2D eigenvalue weighted by Crippen LogP contribution is -1.99. The molecule has 4 heteroatoms. The molecule has 0 aliphatic carbocycles. The van der Waals surface area contributed by atoms with Gasteiger partial charge in [-0.2, -0.15) is 0 Å². The van der Waals surface area contributed by atoms with E-state index < -0.39 is 11.6 Å². The highest BCUT2D eigenvalue weighted by Crippen LogP contribution is 2.36. The largest absolute Gasteiger partial charge is 0.354 e. The summed E-state index contributed by atoms with van der Waals surface area (Å²) in [7, 11) is 0. The second-order valence-electron chi connectivity index (χ2n) is 6.93. The number of hydrogen-bond donors (Lipinski definition) is 2. The Morgan fingerprint density at radius 1 is 1.12 bits per heavy atom. The Labute approximate surface area is 153 Å². The number of benzene rings is 2. The second-order valence-corrected chi connectivity index (χ2v) is 6.93. The molecular formula is C22H26F2N2. The topological polar surface area (TPSA) is 41.8 Å². The summed E-state index contributed by atoms with van der Waals surface area (Å²) >= 11 is 0. The van der Waals surface area contributed by atoms with Crippen LogP contribution in [0.4, 0.5) is 8.78 Å². The minimum absolute atomic E-state index is 0.403. The number of para-hydroxylation sites is 1. The van der Waals surface area contributed by atoms with Crippen molar-refractivity contribution in [1.29, 1.82) is 0 Å². The lowest BCUT2D eigenvalue weighted by atomic mass is 9.94. The number of nitrogens with two attached hydrogens (primary N) is 1. The SMILES string of the molecule is CCC(C)c1cccc2c(CCCCN)c(-c3ccc(F)cc3F)[nH]c12. The lowest BCUT2D eigenvalue weighted by Gasteiger charge is -2.10. The summed E-state index contributed by atoms with van der Waals surface area (Å²) in [6, 6.07) is 10.0. The monoisotopic (exact) mass is 356 g/mol. The van der Waals surface area contributed by atoms with Gasteiger partial charge in [-0.15, -0.1) is 0 Å². The van der Waals surface area contributed by atoms with Gasteiger partial charge in [-0.25, -0.2) is 8.78 Å². The van der Waals surface area contributed by atoms with Crippen molar-refractivity contribution in [3.63, 3.8) is 0 Å². The second kappa shape index (κ2) is 8.00. The van der Waals surface area contributed by atoms with Crippen molar-refractivity contribution in [2.24, 2.45) is 5.73 Å². The van der Waals surface area contributed by atoms with Gasteiger partial charge in [-0.05, 0) is 61.4 Å². The number of fused-ring (bicyclic) bond motifs is 1. The third-order valence-electron chi connectivity index (χ3n) is 5.20. The first-order chi connectivity index (χ1) is 12.6. The predicted octanol–water partition coefficient (Wildman–Crippen LogP) is 5.91. The molecule has 3 N–H and O–H groups in total. The summed E-state index contributed by atoms with van der Waals surface area (Å²) in [5.74, 6) is -0.700.